The molecule has 3 rings (SSSR count). The second kappa shape index (κ2) is 10.5. The van der Waals surface area contributed by atoms with Gasteiger partial charge in [0.1, 0.15) is 5.52 Å². The number of carbonyl (C=O) groups excluding carboxylic acids is 1. The zero-order valence-corrected chi connectivity index (χ0v) is 18.3. The third kappa shape index (κ3) is 5.01. The van der Waals surface area contributed by atoms with Crippen LogP contribution in [0.3, 0.4) is 0 Å². The number of nitrogens with zero attached hydrogens (tertiary/aromatic N) is 4. The summed E-state index contributed by atoms with van der Waals surface area (Å²) < 4.78 is 6.05. The molecular weight excluding hydrogens is 382 g/mol. The topological polar surface area (TPSA) is 89.3 Å². The molecule has 1 aromatic carbocycles. The molecule has 0 aliphatic heterocycles. The molecular formula is C22H29N5O3. The maximum absolute atomic E-state index is 12.2. The normalized spacial score (nSPS) is 11.6. The summed E-state index contributed by atoms with van der Waals surface area (Å²) in [5.41, 5.74) is 1.90. The van der Waals surface area contributed by atoms with Crippen LogP contribution in [0.4, 0.5) is 5.82 Å². The first-order chi connectivity index (χ1) is 14.4. The van der Waals surface area contributed by atoms with Crippen LogP contribution in [0, 0.1) is 0 Å². The maximum atomic E-state index is 12.2. The Hall–Kier alpha value is -3.26. The second-order valence-corrected chi connectivity index (χ2v) is 6.65. The Morgan fingerprint density at radius 2 is 1.87 bits per heavy atom. The van der Waals surface area contributed by atoms with Crippen molar-refractivity contribution >= 4 is 22.7 Å². The predicted molar refractivity (Wildman–Crippen MR) is 119 cm³/mol. The number of hydrogen-bond acceptors (Lipinski definition) is 7. The van der Waals surface area contributed by atoms with E-state index in [9.17, 15) is 9.59 Å². The number of esters is 1. The van der Waals surface area contributed by atoms with Crippen molar-refractivity contribution in [3.63, 3.8) is 0 Å². The minimum Gasteiger partial charge on any atom is -0.465 e. The highest BCUT2D eigenvalue weighted by Crippen LogP contribution is 2.21. The van der Waals surface area contributed by atoms with Crippen molar-refractivity contribution < 1.29 is 9.53 Å². The van der Waals surface area contributed by atoms with Crippen LogP contribution in [-0.4, -0.2) is 53.4 Å². The summed E-state index contributed by atoms with van der Waals surface area (Å²) in [5, 5.41) is 8.16. The van der Waals surface area contributed by atoms with Crippen molar-refractivity contribution in [2.45, 2.75) is 19.9 Å². The Labute approximate surface area is 176 Å². The van der Waals surface area contributed by atoms with Crippen molar-refractivity contribution in [1.29, 1.82) is 0 Å². The van der Waals surface area contributed by atoms with Gasteiger partial charge in [0.05, 0.1) is 24.1 Å². The molecule has 1 unspecified atom stereocenters. The van der Waals surface area contributed by atoms with Gasteiger partial charge >= 0.3 is 5.97 Å². The van der Waals surface area contributed by atoms with Crippen LogP contribution in [0.1, 0.15) is 35.8 Å². The molecule has 2 heterocycles. The highest BCUT2D eigenvalue weighted by Gasteiger charge is 2.17. The van der Waals surface area contributed by atoms with Gasteiger partial charge in [-0.1, -0.05) is 26.0 Å². The van der Waals surface area contributed by atoms with Crippen LogP contribution in [-0.2, 0) is 11.8 Å². The molecule has 0 radical (unpaired) electrons. The van der Waals surface area contributed by atoms with E-state index in [1.807, 2.05) is 40.1 Å². The SMILES string of the molecule is CC.COC(=O)c1ccc(C(CNc2nn(C)c(=O)c3cccnc23)N(C)C)cc1. The van der Waals surface area contributed by atoms with E-state index in [2.05, 4.69) is 20.3 Å². The average molecular weight is 412 g/mol. The first-order valence-electron chi connectivity index (χ1n) is 9.83. The Morgan fingerprint density at radius 3 is 2.47 bits per heavy atom. The van der Waals surface area contributed by atoms with Crippen molar-refractivity contribution in [3.05, 3.63) is 64.1 Å². The van der Waals surface area contributed by atoms with Crippen molar-refractivity contribution in [2.75, 3.05) is 33.1 Å². The zero-order valence-electron chi connectivity index (χ0n) is 18.3. The number of methoxy groups -OCH3 is 1. The number of hydrogen-bond donors (Lipinski definition) is 1. The number of carbonyl (C=O) groups is 1. The van der Waals surface area contributed by atoms with Gasteiger partial charge in [-0.15, -0.1) is 0 Å². The molecule has 1 atom stereocenters. The summed E-state index contributed by atoms with van der Waals surface area (Å²) in [6.45, 7) is 4.54. The van der Waals surface area contributed by atoms with Crippen molar-refractivity contribution in [3.8, 4) is 0 Å². The van der Waals surface area contributed by atoms with Gasteiger partial charge in [-0.25, -0.2) is 9.48 Å². The Kier molecular flexibility index (Phi) is 8.06. The van der Waals surface area contributed by atoms with Crippen LogP contribution in [0.2, 0.25) is 0 Å². The highest BCUT2D eigenvalue weighted by molar-refractivity contribution is 5.89. The molecule has 0 spiro atoms. The third-order valence-electron chi connectivity index (χ3n) is 4.61. The quantitative estimate of drug-likeness (QED) is 0.624. The zero-order chi connectivity index (χ0) is 22.3. The number of fused-ring (bicyclic) bond motifs is 1. The number of likely N-dealkylation sites (N-methyl/N-ethyl adjacent to an activating group) is 1. The first-order valence-corrected chi connectivity index (χ1v) is 9.83. The van der Waals surface area contributed by atoms with Gasteiger partial charge in [0, 0.05) is 19.8 Å². The van der Waals surface area contributed by atoms with E-state index in [1.165, 1.54) is 11.8 Å². The van der Waals surface area contributed by atoms with E-state index in [0.29, 0.717) is 28.8 Å². The van der Waals surface area contributed by atoms with E-state index in [-0.39, 0.29) is 17.6 Å². The number of rotatable bonds is 6. The average Bonchev–Trinajstić information content (AvgIpc) is 2.78. The molecule has 30 heavy (non-hydrogen) atoms. The largest absolute Gasteiger partial charge is 0.465 e. The molecule has 160 valence electrons. The fourth-order valence-electron chi connectivity index (χ4n) is 3.05. The Morgan fingerprint density at radius 1 is 1.20 bits per heavy atom. The van der Waals surface area contributed by atoms with Crippen LogP contribution >= 0.6 is 0 Å². The van der Waals surface area contributed by atoms with E-state index in [0.717, 1.165) is 5.56 Å². The van der Waals surface area contributed by atoms with Gasteiger partial charge in [-0.2, -0.15) is 5.10 Å². The van der Waals surface area contributed by atoms with Crippen molar-refractivity contribution in [2.24, 2.45) is 7.05 Å². The number of aromatic nitrogens is 3. The maximum Gasteiger partial charge on any atom is 0.337 e. The highest BCUT2D eigenvalue weighted by atomic mass is 16.5. The number of pyridine rings is 1. The molecule has 0 aliphatic rings. The lowest BCUT2D eigenvalue weighted by molar-refractivity contribution is 0.0600. The number of benzene rings is 1. The standard InChI is InChI=1S/C20H23N5O3.C2H6/c1-24(2)16(13-7-9-14(10-8-13)20(27)28-4)12-22-18-17-15(6-5-11-21-17)19(26)25(3)23-18;1-2/h5-11,16H,12H2,1-4H3,(H,22,23);1-2H3. The summed E-state index contributed by atoms with van der Waals surface area (Å²) in [7, 11) is 6.94. The fraction of sp³-hybridized carbons (Fsp3) is 0.364. The summed E-state index contributed by atoms with van der Waals surface area (Å²) in [4.78, 5) is 30.3. The molecule has 8 nitrogen and oxygen atoms in total. The monoisotopic (exact) mass is 411 g/mol. The first kappa shape index (κ1) is 23.0. The third-order valence-corrected chi connectivity index (χ3v) is 4.61. The molecule has 0 fully saturated rings. The molecule has 3 aromatic rings. The lowest BCUT2D eigenvalue weighted by atomic mass is 10.0. The Bertz CT molecular complexity index is 1040. The molecule has 0 aliphatic carbocycles. The van der Waals surface area contributed by atoms with Crippen molar-refractivity contribution in [1.82, 2.24) is 19.7 Å². The minimum absolute atomic E-state index is 0.0180. The van der Waals surface area contributed by atoms with E-state index in [4.69, 9.17) is 4.74 Å². The number of aryl methyl sites for hydroxylation is 1. The van der Waals surface area contributed by atoms with Gasteiger partial charge in [-0.05, 0) is 43.9 Å². The van der Waals surface area contributed by atoms with Crippen LogP contribution < -0.4 is 10.9 Å². The molecule has 0 amide bonds. The lowest BCUT2D eigenvalue weighted by Crippen LogP contribution is -2.28. The fourth-order valence-corrected chi connectivity index (χ4v) is 3.05. The molecule has 8 heteroatoms. The van der Waals surface area contributed by atoms with Gasteiger partial charge in [0.25, 0.3) is 5.56 Å². The number of ether oxygens (including phenoxy) is 1. The minimum atomic E-state index is -0.363. The van der Waals surface area contributed by atoms with Gasteiger partial charge < -0.3 is 15.0 Å². The summed E-state index contributed by atoms with van der Waals surface area (Å²) in [6, 6.07) is 10.8. The number of anilines is 1. The smallest absolute Gasteiger partial charge is 0.337 e. The van der Waals surface area contributed by atoms with Gasteiger partial charge in [0.15, 0.2) is 5.82 Å². The number of nitrogens with one attached hydrogen (secondary N) is 1. The van der Waals surface area contributed by atoms with E-state index < -0.39 is 0 Å². The van der Waals surface area contributed by atoms with Crippen LogP contribution in [0.25, 0.3) is 10.9 Å². The van der Waals surface area contributed by atoms with Crippen LogP contribution in [0.5, 0.6) is 0 Å². The molecule has 2 aromatic heterocycles. The molecule has 0 saturated carbocycles. The summed E-state index contributed by atoms with van der Waals surface area (Å²) >= 11 is 0. The molecule has 1 N–H and O–H groups in total. The lowest BCUT2D eigenvalue weighted by Gasteiger charge is -2.25. The summed E-state index contributed by atoms with van der Waals surface area (Å²) in [6.07, 6.45) is 1.64. The predicted octanol–water partition coefficient (Wildman–Crippen LogP) is 2.86. The second-order valence-electron chi connectivity index (χ2n) is 6.65. The van der Waals surface area contributed by atoms with E-state index >= 15 is 0 Å². The summed E-state index contributed by atoms with van der Waals surface area (Å²) in [5.74, 6) is 0.189. The molecule has 0 bridgehead atoms. The van der Waals surface area contributed by atoms with Gasteiger partial charge in [0.2, 0.25) is 0 Å². The molecule has 0 saturated heterocycles. The Balaban J connectivity index is 0.00000155. The van der Waals surface area contributed by atoms with Gasteiger partial charge in [-0.3, -0.25) is 9.78 Å². The van der Waals surface area contributed by atoms with Crippen LogP contribution in [0.15, 0.2) is 47.4 Å². The van der Waals surface area contributed by atoms with E-state index in [1.54, 1.807) is 37.5 Å².